The largest absolute Gasteiger partial charge is 0.380 e. The summed E-state index contributed by atoms with van der Waals surface area (Å²) in [7, 11) is 0. The molecule has 0 spiro atoms. The fourth-order valence-corrected chi connectivity index (χ4v) is 2.36. The first-order valence-electron chi connectivity index (χ1n) is 3.90. The predicted octanol–water partition coefficient (Wildman–Crippen LogP) is 4.20. The van der Waals surface area contributed by atoms with Crippen molar-refractivity contribution in [1.82, 2.24) is 4.98 Å². The van der Waals surface area contributed by atoms with Crippen molar-refractivity contribution in [2.75, 3.05) is 11.9 Å². The highest BCUT2D eigenvalue weighted by Crippen LogP contribution is 2.28. The van der Waals surface area contributed by atoms with Crippen LogP contribution in [0, 0.1) is 3.57 Å². The zero-order chi connectivity index (χ0) is 10.7. The van der Waals surface area contributed by atoms with Gasteiger partial charge in [0, 0.05) is 6.54 Å². The molecule has 0 saturated heterocycles. The summed E-state index contributed by atoms with van der Waals surface area (Å²) in [5, 5.41) is 3.29. The normalized spacial score (nSPS) is 10.0. The van der Waals surface area contributed by atoms with Crippen molar-refractivity contribution in [2.24, 2.45) is 0 Å². The summed E-state index contributed by atoms with van der Waals surface area (Å²) in [6.07, 6.45) is 0. The molecule has 0 radical (unpaired) electrons. The maximum absolute atomic E-state index is 4.22. The van der Waals surface area contributed by atoms with Crippen LogP contribution in [0.3, 0.4) is 0 Å². The van der Waals surface area contributed by atoms with Crippen LogP contribution in [0.5, 0.6) is 0 Å². The number of hydrogen-bond donors (Lipinski definition) is 1. The molecular formula is C9H9Br2IN2. The van der Waals surface area contributed by atoms with Gasteiger partial charge in [-0.05, 0) is 67.4 Å². The lowest BCUT2D eigenvalue weighted by Gasteiger charge is -2.09. The van der Waals surface area contributed by atoms with Gasteiger partial charge in [0.2, 0.25) is 0 Å². The first kappa shape index (κ1) is 12.4. The number of hydrogen-bond acceptors (Lipinski definition) is 2. The average molecular weight is 432 g/mol. The van der Waals surface area contributed by atoms with Crippen LogP contribution in [0.4, 0.5) is 5.69 Å². The summed E-state index contributed by atoms with van der Waals surface area (Å²) in [5.74, 6) is 0. The van der Waals surface area contributed by atoms with E-state index in [1.54, 1.807) is 0 Å². The maximum Gasteiger partial charge on any atom is 0.122 e. The zero-order valence-corrected chi connectivity index (χ0v) is 12.9. The Balaban J connectivity index is 2.90. The monoisotopic (exact) mass is 430 g/mol. The van der Waals surface area contributed by atoms with Crippen molar-refractivity contribution in [3.63, 3.8) is 0 Å². The summed E-state index contributed by atoms with van der Waals surface area (Å²) in [4.78, 5) is 4.22. The van der Waals surface area contributed by atoms with E-state index in [4.69, 9.17) is 0 Å². The third-order valence-corrected chi connectivity index (χ3v) is 4.28. The number of anilines is 1. The van der Waals surface area contributed by atoms with Gasteiger partial charge in [-0.3, -0.25) is 0 Å². The van der Waals surface area contributed by atoms with Crippen LogP contribution >= 0.6 is 54.5 Å². The molecule has 0 atom stereocenters. The Morgan fingerprint density at radius 3 is 2.86 bits per heavy atom. The molecule has 1 aromatic heterocycles. The van der Waals surface area contributed by atoms with Gasteiger partial charge < -0.3 is 5.32 Å². The minimum atomic E-state index is 0.777. The minimum Gasteiger partial charge on any atom is -0.380 e. The Morgan fingerprint density at radius 1 is 1.64 bits per heavy atom. The Bertz CT molecular complexity index is 366. The summed E-state index contributed by atoms with van der Waals surface area (Å²) < 4.78 is 2.73. The van der Waals surface area contributed by atoms with Gasteiger partial charge in [0.15, 0.2) is 0 Å². The van der Waals surface area contributed by atoms with E-state index in [0.717, 1.165) is 30.6 Å². The summed E-state index contributed by atoms with van der Waals surface area (Å²) in [6, 6.07) is 1.95. The Morgan fingerprint density at radius 2 is 2.29 bits per heavy atom. The lowest BCUT2D eigenvalue weighted by atomic mass is 10.3. The van der Waals surface area contributed by atoms with E-state index in [0.29, 0.717) is 0 Å². The lowest BCUT2D eigenvalue weighted by molar-refractivity contribution is 1.16. The zero-order valence-electron chi connectivity index (χ0n) is 7.57. The second-order valence-electron chi connectivity index (χ2n) is 2.91. The smallest absolute Gasteiger partial charge is 0.122 e. The van der Waals surface area contributed by atoms with E-state index in [1.165, 1.54) is 0 Å². The molecule has 76 valence electrons. The molecule has 0 fully saturated rings. The van der Waals surface area contributed by atoms with Gasteiger partial charge >= 0.3 is 0 Å². The molecule has 0 aliphatic carbocycles. The molecule has 0 unspecified atom stereocenters. The minimum absolute atomic E-state index is 0.777. The van der Waals surface area contributed by atoms with Crippen LogP contribution in [0.25, 0.3) is 0 Å². The third kappa shape index (κ3) is 3.51. The van der Waals surface area contributed by atoms with E-state index < -0.39 is 0 Å². The molecule has 1 aromatic rings. The second kappa shape index (κ2) is 5.46. The lowest BCUT2D eigenvalue weighted by Crippen LogP contribution is -2.04. The second-order valence-corrected chi connectivity index (χ2v) is 5.55. The standard InChI is InChI=1S/C9H9Br2IN2/c1-5(2)4-13-6-3-7(10)14-9(11)8(6)12/h3H,1,4H2,2H3,(H,13,14). The van der Waals surface area contributed by atoms with Crippen LogP contribution in [-0.4, -0.2) is 11.5 Å². The first-order chi connectivity index (χ1) is 6.50. The van der Waals surface area contributed by atoms with Gasteiger partial charge in [-0.15, -0.1) is 0 Å². The van der Waals surface area contributed by atoms with Gasteiger partial charge in [-0.25, -0.2) is 4.98 Å². The van der Waals surface area contributed by atoms with Crippen molar-refractivity contribution in [1.29, 1.82) is 0 Å². The van der Waals surface area contributed by atoms with E-state index in [2.05, 4.69) is 71.3 Å². The summed E-state index contributed by atoms with van der Waals surface area (Å²) in [6.45, 7) is 6.61. The molecule has 0 bridgehead atoms. The fourth-order valence-electron chi connectivity index (χ4n) is 0.843. The quantitative estimate of drug-likeness (QED) is 0.441. The van der Waals surface area contributed by atoms with E-state index in [-0.39, 0.29) is 0 Å². The van der Waals surface area contributed by atoms with Gasteiger partial charge in [-0.1, -0.05) is 12.2 Å². The van der Waals surface area contributed by atoms with Gasteiger partial charge in [0.25, 0.3) is 0 Å². The summed E-state index contributed by atoms with van der Waals surface area (Å²) >= 11 is 8.99. The molecule has 0 amide bonds. The fraction of sp³-hybridized carbons (Fsp3) is 0.222. The molecule has 1 heterocycles. The number of nitrogens with one attached hydrogen (secondary N) is 1. The first-order valence-corrected chi connectivity index (χ1v) is 6.57. The Hall–Kier alpha value is 0.380. The molecular weight excluding hydrogens is 423 g/mol. The third-order valence-electron chi connectivity index (χ3n) is 1.47. The number of pyridine rings is 1. The predicted molar refractivity (Wildman–Crippen MR) is 75.7 cm³/mol. The molecule has 1 rings (SSSR count). The molecule has 0 aliphatic rings. The average Bonchev–Trinajstić information content (AvgIpc) is 2.08. The van der Waals surface area contributed by atoms with Crippen molar-refractivity contribution in [3.8, 4) is 0 Å². The van der Waals surface area contributed by atoms with Gasteiger partial charge in [0.05, 0.1) is 9.26 Å². The Kier molecular flexibility index (Phi) is 4.86. The van der Waals surface area contributed by atoms with E-state index >= 15 is 0 Å². The van der Waals surface area contributed by atoms with Crippen molar-refractivity contribution in [2.45, 2.75) is 6.92 Å². The van der Waals surface area contributed by atoms with Crippen LogP contribution in [-0.2, 0) is 0 Å². The van der Waals surface area contributed by atoms with Crippen LogP contribution < -0.4 is 5.32 Å². The van der Waals surface area contributed by atoms with Crippen LogP contribution in [0.1, 0.15) is 6.92 Å². The highest BCUT2D eigenvalue weighted by atomic mass is 127. The van der Waals surface area contributed by atoms with Gasteiger partial charge in [-0.2, -0.15) is 0 Å². The highest BCUT2D eigenvalue weighted by molar-refractivity contribution is 14.1. The number of halogens is 3. The van der Waals surface area contributed by atoms with E-state index in [9.17, 15) is 0 Å². The molecule has 14 heavy (non-hydrogen) atoms. The van der Waals surface area contributed by atoms with Crippen molar-refractivity contribution >= 4 is 60.1 Å². The number of nitrogens with zero attached hydrogens (tertiary/aromatic N) is 1. The van der Waals surface area contributed by atoms with Crippen LogP contribution in [0.2, 0.25) is 0 Å². The van der Waals surface area contributed by atoms with Crippen LogP contribution in [0.15, 0.2) is 27.4 Å². The SMILES string of the molecule is C=C(C)CNc1cc(Br)nc(Br)c1I. The van der Waals surface area contributed by atoms with Crippen molar-refractivity contribution in [3.05, 3.63) is 31.0 Å². The maximum atomic E-state index is 4.22. The molecule has 0 aromatic carbocycles. The summed E-state index contributed by atoms with van der Waals surface area (Å²) in [5.41, 5.74) is 2.16. The molecule has 2 nitrogen and oxygen atoms in total. The molecule has 0 saturated carbocycles. The molecule has 5 heteroatoms. The topological polar surface area (TPSA) is 24.9 Å². The highest BCUT2D eigenvalue weighted by Gasteiger charge is 2.06. The van der Waals surface area contributed by atoms with Crippen molar-refractivity contribution < 1.29 is 0 Å². The molecule has 1 N–H and O–H groups in total. The Labute approximate surface area is 114 Å². The van der Waals surface area contributed by atoms with E-state index in [1.807, 2.05) is 13.0 Å². The van der Waals surface area contributed by atoms with Gasteiger partial charge in [0.1, 0.15) is 9.21 Å². The number of aromatic nitrogens is 1. The molecule has 0 aliphatic heterocycles. The number of rotatable bonds is 3.